The van der Waals surface area contributed by atoms with Gasteiger partial charge in [0.1, 0.15) is 11.4 Å². The molecule has 0 bridgehead atoms. The second-order valence-electron chi connectivity index (χ2n) is 5.60. The summed E-state index contributed by atoms with van der Waals surface area (Å²) in [5, 5.41) is 4.45. The smallest absolute Gasteiger partial charge is 0.241 e. The Bertz CT molecular complexity index is 642. The Kier molecular flexibility index (Phi) is 3.75. The van der Waals surface area contributed by atoms with Crippen LogP contribution in [0.2, 0.25) is 0 Å². The maximum absolute atomic E-state index is 6.14. The number of aryl methyl sites for hydroxylation is 3. The molecule has 0 atom stereocenters. The molecule has 0 unspecified atom stereocenters. The van der Waals surface area contributed by atoms with Gasteiger partial charge >= 0.3 is 0 Å². The van der Waals surface area contributed by atoms with Gasteiger partial charge in [0.05, 0.1) is 11.7 Å². The molecular formula is C16H23N3O. The van der Waals surface area contributed by atoms with Crippen LogP contribution in [0, 0.1) is 27.7 Å². The number of nitrogen functional groups attached to an aromatic ring is 1. The molecule has 0 saturated carbocycles. The largest absolute Gasteiger partial charge is 0.437 e. The van der Waals surface area contributed by atoms with Gasteiger partial charge in [-0.1, -0.05) is 12.1 Å². The molecule has 108 valence electrons. The van der Waals surface area contributed by atoms with Gasteiger partial charge < -0.3 is 10.5 Å². The lowest BCUT2D eigenvalue weighted by molar-refractivity contribution is 0.386. The highest BCUT2D eigenvalue weighted by Gasteiger charge is 2.19. The third kappa shape index (κ3) is 2.38. The lowest BCUT2D eigenvalue weighted by Gasteiger charge is -2.16. The second kappa shape index (κ2) is 5.19. The van der Waals surface area contributed by atoms with Crippen LogP contribution in [0.1, 0.15) is 42.3 Å². The maximum atomic E-state index is 6.14. The first-order chi connectivity index (χ1) is 9.32. The monoisotopic (exact) mass is 273 g/mol. The van der Waals surface area contributed by atoms with Gasteiger partial charge in [0.15, 0.2) is 0 Å². The number of nitrogens with zero attached hydrogens (tertiary/aromatic N) is 2. The van der Waals surface area contributed by atoms with Gasteiger partial charge in [-0.05, 0) is 58.2 Å². The lowest BCUT2D eigenvalue weighted by atomic mass is 10.1. The van der Waals surface area contributed by atoms with Crippen LogP contribution < -0.4 is 10.5 Å². The quantitative estimate of drug-likeness (QED) is 0.917. The average Bonchev–Trinajstić information content (AvgIpc) is 2.67. The molecule has 0 aliphatic heterocycles. The average molecular weight is 273 g/mol. The predicted octanol–water partition coefficient (Wildman–Crippen LogP) is 4.07. The van der Waals surface area contributed by atoms with Crippen molar-refractivity contribution in [2.75, 3.05) is 5.73 Å². The second-order valence-corrected chi connectivity index (χ2v) is 5.60. The highest BCUT2D eigenvalue weighted by atomic mass is 16.5. The Morgan fingerprint density at radius 1 is 1.10 bits per heavy atom. The molecule has 2 rings (SSSR count). The Balaban J connectivity index is 2.53. The number of hydrogen-bond acceptors (Lipinski definition) is 3. The minimum atomic E-state index is 0.200. The molecular weight excluding hydrogens is 250 g/mol. The summed E-state index contributed by atoms with van der Waals surface area (Å²) in [4.78, 5) is 0. The normalized spacial score (nSPS) is 11.2. The van der Waals surface area contributed by atoms with Crippen molar-refractivity contribution in [3.63, 3.8) is 0 Å². The fourth-order valence-corrected chi connectivity index (χ4v) is 2.17. The molecule has 4 heteroatoms. The van der Waals surface area contributed by atoms with Crippen LogP contribution in [0.3, 0.4) is 0 Å². The molecule has 0 fully saturated rings. The van der Waals surface area contributed by atoms with Gasteiger partial charge in [-0.25, -0.2) is 4.68 Å². The minimum Gasteiger partial charge on any atom is -0.437 e. The van der Waals surface area contributed by atoms with Crippen molar-refractivity contribution < 1.29 is 4.74 Å². The van der Waals surface area contributed by atoms with Crippen LogP contribution in [-0.4, -0.2) is 9.78 Å². The van der Waals surface area contributed by atoms with E-state index in [1.165, 1.54) is 5.56 Å². The van der Waals surface area contributed by atoms with Gasteiger partial charge in [0.25, 0.3) is 0 Å². The summed E-state index contributed by atoms with van der Waals surface area (Å²) >= 11 is 0. The molecule has 20 heavy (non-hydrogen) atoms. The van der Waals surface area contributed by atoms with E-state index in [9.17, 15) is 0 Å². The molecule has 2 aromatic rings. The molecule has 0 aliphatic rings. The zero-order chi connectivity index (χ0) is 15.0. The molecule has 1 aromatic carbocycles. The van der Waals surface area contributed by atoms with Crippen LogP contribution in [0.5, 0.6) is 11.6 Å². The van der Waals surface area contributed by atoms with Crippen molar-refractivity contribution in [1.29, 1.82) is 0 Å². The predicted molar refractivity (Wildman–Crippen MR) is 82.5 cm³/mol. The fraction of sp³-hybridized carbons (Fsp3) is 0.438. The number of anilines is 1. The summed E-state index contributed by atoms with van der Waals surface area (Å²) in [5.74, 6) is 1.51. The number of rotatable bonds is 3. The first-order valence-corrected chi connectivity index (χ1v) is 6.92. The molecule has 1 aromatic heterocycles. The lowest BCUT2D eigenvalue weighted by Crippen LogP contribution is -2.06. The Morgan fingerprint density at radius 2 is 1.70 bits per heavy atom. The van der Waals surface area contributed by atoms with Gasteiger partial charge in [0, 0.05) is 0 Å². The third-order valence-electron chi connectivity index (χ3n) is 3.65. The summed E-state index contributed by atoms with van der Waals surface area (Å²) in [6.07, 6.45) is 0. The van der Waals surface area contributed by atoms with Gasteiger partial charge in [-0.3, -0.25) is 0 Å². The van der Waals surface area contributed by atoms with Crippen LogP contribution >= 0.6 is 0 Å². The topological polar surface area (TPSA) is 53.1 Å². The van der Waals surface area contributed by atoms with Crippen molar-refractivity contribution in [2.45, 2.75) is 47.6 Å². The molecule has 0 amide bonds. The Labute approximate surface area is 120 Å². The number of nitrogens with two attached hydrogens (primary N) is 1. The van der Waals surface area contributed by atoms with E-state index < -0.39 is 0 Å². The van der Waals surface area contributed by atoms with Crippen LogP contribution in [0.4, 0.5) is 5.69 Å². The molecule has 1 heterocycles. The summed E-state index contributed by atoms with van der Waals surface area (Å²) < 4.78 is 7.98. The number of hydrogen-bond donors (Lipinski definition) is 1. The van der Waals surface area contributed by atoms with Crippen LogP contribution in [-0.2, 0) is 0 Å². The highest BCUT2D eigenvalue weighted by Crippen LogP contribution is 2.36. The fourth-order valence-electron chi connectivity index (χ4n) is 2.17. The van der Waals surface area contributed by atoms with Crippen molar-refractivity contribution in [3.05, 3.63) is 34.5 Å². The summed E-state index contributed by atoms with van der Waals surface area (Å²) in [6.45, 7) is 12.2. The van der Waals surface area contributed by atoms with E-state index in [4.69, 9.17) is 10.5 Å². The van der Waals surface area contributed by atoms with E-state index in [2.05, 4.69) is 44.9 Å². The van der Waals surface area contributed by atoms with E-state index in [1.807, 2.05) is 18.5 Å². The van der Waals surface area contributed by atoms with Crippen LogP contribution in [0.15, 0.2) is 12.1 Å². The van der Waals surface area contributed by atoms with Gasteiger partial charge in [-0.15, -0.1) is 0 Å². The number of benzene rings is 1. The zero-order valence-corrected chi connectivity index (χ0v) is 13.1. The van der Waals surface area contributed by atoms with Crippen molar-refractivity contribution in [3.8, 4) is 11.6 Å². The van der Waals surface area contributed by atoms with E-state index in [-0.39, 0.29) is 6.04 Å². The van der Waals surface area contributed by atoms with E-state index >= 15 is 0 Å². The van der Waals surface area contributed by atoms with E-state index in [1.54, 1.807) is 0 Å². The number of ether oxygens (including phenoxy) is 1. The van der Waals surface area contributed by atoms with Crippen molar-refractivity contribution in [2.24, 2.45) is 0 Å². The SMILES string of the molecule is Cc1ccc(C)c(Oc2c(N)c(C)nn2C(C)C)c1C. The molecule has 0 spiro atoms. The molecule has 0 saturated heterocycles. The molecule has 0 radical (unpaired) electrons. The van der Waals surface area contributed by atoms with Crippen molar-refractivity contribution in [1.82, 2.24) is 9.78 Å². The maximum Gasteiger partial charge on any atom is 0.241 e. The molecule has 4 nitrogen and oxygen atoms in total. The van der Waals surface area contributed by atoms with E-state index in [0.717, 1.165) is 22.6 Å². The van der Waals surface area contributed by atoms with Crippen LogP contribution in [0.25, 0.3) is 0 Å². The molecule has 2 N–H and O–H groups in total. The summed E-state index contributed by atoms with van der Waals surface area (Å²) in [7, 11) is 0. The van der Waals surface area contributed by atoms with Crippen molar-refractivity contribution >= 4 is 5.69 Å². The standard InChI is InChI=1S/C16H23N3O/c1-9(2)19-16(14(17)13(6)18-19)20-15-11(4)8-7-10(3)12(15)5/h7-9H,17H2,1-6H3. The van der Waals surface area contributed by atoms with Gasteiger partial charge in [0.2, 0.25) is 5.88 Å². The first-order valence-electron chi connectivity index (χ1n) is 6.92. The minimum absolute atomic E-state index is 0.200. The third-order valence-corrected chi connectivity index (χ3v) is 3.65. The Morgan fingerprint density at radius 3 is 2.30 bits per heavy atom. The van der Waals surface area contributed by atoms with E-state index in [0.29, 0.717) is 11.6 Å². The van der Waals surface area contributed by atoms with Gasteiger partial charge in [-0.2, -0.15) is 5.10 Å². The Hall–Kier alpha value is -1.97. The summed E-state index contributed by atoms with van der Waals surface area (Å²) in [6, 6.07) is 4.37. The summed E-state index contributed by atoms with van der Waals surface area (Å²) in [5.41, 5.74) is 11.0. The first kappa shape index (κ1) is 14.4. The molecule has 0 aliphatic carbocycles. The zero-order valence-electron chi connectivity index (χ0n) is 13.1. The highest BCUT2D eigenvalue weighted by molar-refractivity contribution is 5.56. The number of aromatic nitrogens is 2.